The Bertz CT molecular complexity index is 529. The molecule has 0 amide bonds. The zero-order valence-electron chi connectivity index (χ0n) is 10.9. The highest BCUT2D eigenvalue weighted by Crippen LogP contribution is 2.15. The third-order valence-electron chi connectivity index (χ3n) is 3.14. The van der Waals surface area contributed by atoms with Gasteiger partial charge in [0.2, 0.25) is 0 Å². The molecule has 0 spiro atoms. The maximum absolute atomic E-state index is 8.97. The maximum Gasteiger partial charge on any atom is 0.101 e. The molecule has 0 aliphatic carbocycles. The first-order chi connectivity index (χ1) is 9.22. The molecule has 5 heteroatoms. The van der Waals surface area contributed by atoms with Gasteiger partial charge in [-0.15, -0.1) is 0 Å². The van der Waals surface area contributed by atoms with E-state index < -0.39 is 0 Å². The number of hydrogen-bond donors (Lipinski definition) is 1. The summed E-state index contributed by atoms with van der Waals surface area (Å²) < 4.78 is 5.65. The van der Waals surface area contributed by atoms with E-state index in [1.165, 1.54) is 0 Å². The molecule has 1 saturated heterocycles. The molecule has 0 aromatic heterocycles. The lowest BCUT2D eigenvalue weighted by atomic mass is 10.1. The SMILES string of the molecule is CN1CCOC(CNc2ccc(C#N)c(C#N)c2)C1. The number of anilines is 1. The smallest absolute Gasteiger partial charge is 0.101 e. The van der Waals surface area contributed by atoms with E-state index in [0.717, 1.165) is 25.4 Å². The summed E-state index contributed by atoms with van der Waals surface area (Å²) in [5.41, 5.74) is 1.64. The van der Waals surface area contributed by atoms with Gasteiger partial charge in [0.25, 0.3) is 0 Å². The number of nitrogens with zero attached hydrogens (tertiary/aromatic N) is 3. The van der Waals surface area contributed by atoms with E-state index in [1.54, 1.807) is 12.1 Å². The number of benzene rings is 1. The van der Waals surface area contributed by atoms with Crippen LogP contribution in [0.3, 0.4) is 0 Å². The molecule has 1 unspecified atom stereocenters. The second kappa shape index (κ2) is 6.19. The third-order valence-corrected chi connectivity index (χ3v) is 3.14. The topological polar surface area (TPSA) is 72.1 Å². The van der Waals surface area contributed by atoms with Crippen LogP contribution in [0, 0.1) is 22.7 Å². The Balaban J connectivity index is 1.97. The van der Waals surface area contributed by atoms with Crippen LogP contribution in [0.2, 0.25) is 0 Å². The normalized spacial score (nSPS) is 19.4. The summed E-state index contributed by atoms with van der Waals surface area (Å²) in [6.45, 7) is 3.31. The highest BCUT2D eigenvalue weighted by molar-refractivity contribution is 5.56. The van der Waals surface area contributed by atoms with Crippen LogP contribution in [0.15, 0.2) is 18.2 Å². The summed E-state index contributed by atoms with van der Waals surface area (Å²) in [5.74, 6) is 0. The molecule has 1 heterocycles. The van der Waals surface area contributed by atoms with E-state index >= 15 is 0 Å². The molecule has 0 saturated carbocycles. The molecule has 19 heavy (non-hydrogen) atoms. The van der Waals surface area contributed by atoms with Gasteiger partial charge in [0.05, 0.1) is 23.8 Å². The van der Waals surface area contributed by atoms with Gasteiger partial charge < -0.3 is 15.0 Å². The van der Waals surface area contributed by atoms with Crippen molar-refractivity contribution < 1.29 is 4.74 Å². The van der Waals surface area contributed by atoms with Crippen LogP contribution in [0.4, 0.5) is 5.69 Å². The van der Waals surface area contributed by atoms with Gasteiger partial charge in [0.15, 0.2) is 0 Å². The average Bonchev–Trinajstić information content (AvgIpc) is 2.45. The van der Waals surface area contributed by atoms with Gasteiger partial charge in [-0.05, 0) is 25.2 Å². The Morgan fingerprint density at radius 2 is 2.16 bits per heavy atom. The van der Waals surface area contributed by atoms with Crippen LogP contribution in [-0.4, -0.2) is 44.3 Å². The highest BCUT2D eigenvalue weighted by Gasteiger charge is 2.17. The van der Waals surface area contributed by atoms with Crippen LogP contribution in [-0.2, 0) is 4.74 Å². The van der Waals surface area contributed by atoms with E-state index in [-0.39, 0.29) is 6.10 Å². The second-order valence-electron chi connectivity index (χ2n) is 4.62. The molecule has 1 aliphatic heterocycles. The van der Waals surface area contributed by atoms with Crippen molar-refractivity contribution in [2.24, 2.45) is 0 Å². The molecule has 1 fully saturated rings. The number of hydrogen-bond acceptors (Lipinski definition) is 5. The molecule has 5 nitrogen and oxygen atoms in total. The molecule has 2 rings (SSSR count). The van der Waals surface area contributed by atoms with Gasteiger partial charge in [0, 0.05) is 25.3 Å². The molecule has 1 N–H and O–H groups in total. The van der Waals surface area contributed by atoms with Crippen molar-refractivity contribution in [2.75, 3.05) is 38.6 Å². The Kier molecular flexibility index (Phi) is 4.35. The van der Waals surface area contributed by atoms with E-state index in [4.69, 9.17) is 15.3 Å². The van der Waals surface area contributed by atoms with Crippen LogP contribution < -0.4 is 5.32 Å². The lowest BCUT2D eigenvalue weighted by molar-refractivity contribution is -0.0117. The van der Waals surface area contributed by atoms with E-state index in [1.807, 2.05) is 18.2 Å². The molecular weight excluding hydrogens is 240 g/mol. The van der Waals surface area contributed by atoms with E-state index in [2.05, 4.69) is 17.3 Å². The largest absolute Gasteiger partial charge is 0.382 e. The lowest BCUT2D eigenvalue weighted by Crippen LogP contribution is -2.43. The van der Waals surface area contributed by atoms with Crippen LogP contribution in [0.5, 0.6) is 0 Å². The maximum atomic E-state index is 8.97. The first kappa shape index (κ1) is 13.4. The van der Waals surface area contributed by atoms with Crippen LogP contribution >= 0.6 is 0 Å². The van der Waals surface area contributed by atoms with E-state index in [0.29, 0.717) is 17.7 Å². The molecule has 1 aliphatic rings. The molecule has 98 valence electrons. The molecule has 1 aromatic carbocycles. The number of nitrogens with one attached hydrogen (secondary N) is 1. The second-order valence-corrected chi connectivity index (χ2v) is 4.62. The minimum Gasteiger partial charge on any atom is -0.382 e. The zero-order chi connectivity index (χ0) is 13.7. The van der Waals surface area contributed by atoms with E-state index in [9.17, 15) is 0 Å². The number of morpholine rings is 1. The standard InChI is InChI=1S/C14H16N4O/c1-18-4-5-19-14(10-18)9-17-13-3-2-11(7-15)12(6-13)8-16/h2-3,6,14,17H,4-5,9-10H2,1H3. The molecular formula is C14H16N4O. The number of nitriles is 2. The molecule has 1 aromatic rings. The van der Waals surface area contributed by atoms with Crippen molar-refractivity contribution in [3.8, 4) is 12.1 Å². The fourth-order valence-electron chi connectivity index (χ4n) is 2.07. The summed E-state index contributed by atoms with van der Waals surface area (Å²) in [5, 5.41) is 21.1. The van der Waals surface area contributed by atoms with Gasteiger partial charge in [-0.2, -0.15) is 10.5 Å². The van der Waals surface area contributed by atoms with Crippen molar-refractivity contribution in [3.63, 3.8) is 0 Å². The van der Waals surface area contributed by atoms with Crippen LogP contribution in [0.25, 0.3) is 0 Å². The summed E-state index contributed by atoms with van der Waals surface area (Å²) in [7, 11) is 2.07. The first-order valence-electron chi connectivity index (χ1n) is 6.21. The predicted molar refractivity (Wildman–Crippen MR) is 71.6 cm³/mol. The summed E-state index contributed by atoms with van der Waals surface area (Å²) in [4.78, 5) is 2.23. The van der Waals surface area contributed by atoms with Crippen molar-refractivity contribution in [3.05, 3.63) is 29.3 Å². The number of likely N-dealkylation sites (N-methyl/N-ethyl adjacent to an activating group) is 1. The van der Waals surface area contributed by atoms with Gasteiger partial charge in [0.1, 0.15) is 12.1 Å². The Hall–Kier alpha value is -2.08. The molecule has 0 bridgehead atoms. The van der Waals surface area contributed by atoms with Crippen molar-refractivity contribution >= 4 is 5.69 Å². The molecule has 1 atom stereocenters. The lowest BCUT2D eigenvalue weighted by Gasteiger charge is -2.30. The van der Waals surface area contributed by atoms with Gasteiger partial charge in [-0.1, -0.05) is 0 Å². The Morgan fingerprint density at radius 3 is 2.84 bits per heavy atom. The summed E-state index contributed by atoms with van der Waals surface area (Å²) >= 11 is 0. The van der Waals surface area contributed by atoms with Crippen LogP contribution in [0.1, 0.15) is 11.1 Å². The Morgan fingerprint density at radius 1 is 1.37 bits per heavy atom. The first-order valence-corrected chi connectivity index (χ1v) is 6.21. The number of ether oxygens (including phenoxy) is 1. The van der Waals surface area contributed by atoms with Crippen molar-refractivity contribution in [1.29, 1.82) is 10.5 Å². The van der Waals surface area contributed by atoms with Gasteiger partial charge in [-0.3, -0.25) is 0 Å². The predicted octanol–water partition coefficient (Wildman–Crippen LogP) is 1.17. The molecule has 0 radical (unpaired) electrons. The Labute approximate surface area is 113 Å². The van der Waals surface area contributed by atoms with Crippen molar-refractivity contribution in [2.45, 2.75) is 6.10 Å². The highest BCUT2D eigenvalue weighted by atomic mass is 16.5. The summed E-state index contributed by atoms with van der Waals surface area (Å²) in [6.07, 6.45) is 0.153. The van der Waals surface area contributed by atoms with Gasteiger partial charge >= 0.3 is 0 Å². The zero-order valence-corrected chi connectivity index (χ0v) is 10.9. The summed E-state index contributed by atoms with van der Waals surface area (Å²) in [6, 6.07) is 9.21. The number of rotatable bonds is 3. The fourth-order valence-corrected chi connectivity index (χ4v) is 2.07. The van der Waals surface area contributed by atoms with Gasteiger partial charge in [-0.25, -0.2) is 0 Å². The van der Waals surface area contributed by atoms with Crippen molar-refractivity contribution in [1.82, 2.24) is 4.90 Å². The minimum atomic E-state index is 0.153. The minimum absolute atomic E-state index is 0.153. The fraction of sp³-hybridized carbons (Fsp3) is 0.429. The quantitative estimate of drug-likeness (QED) is 0.879. The average molecular weight is 256 g/mol. The monoisotopic (exact) mass is 256 g/mol. The third kappa shape index (κ3) is 3.45.